The highest BCUT2D eigenvalue weighted by molar-refractivity contribution is 7.14. The minimum absolute atomic E-state index is 0.275. The third-order valence-corrected chi connectivity index (χ3v) is 4.06. The summed E-state index contributed by atoms with van der Waals surface area (Å²) in [6.45, 7) is 1.13. The number of nitrogens with one attached hydrogen (secondary N) is 1. The molecule has 22 heavy (non-hydrogen) atoms. The minimum atomic E-state index is -0.275. The number of rotatable bonds is 7. The van der Waals surface area contributed by atoms with Crippen molar-refractivity contribution in [3.63, 3.8) is 0 Å². The minimum Gasteiger partial charge on any atom is -0.383 e. The fourth-order valence-electron chi connectivity index (χ4n) is 1.94. The van der Waals surface area contributed by atoms with Gasteiger partial charge in [-0.1, -0.05) is 6.07 Å². The third-order valence-electron chi connectivity index (χ3n) is 3.30. The molecule has 1 heterocycles. The first-order valence-corrected chi connectivity index (χ1v) is 7.95. The lowest BCUT2D eigenvalue weighted by Gasteiger charge is -2.07. The second-order valence-electron chi connectivity index (χ2n) is 5.25. The van der Waals surface area contributed by atoms with Gasteiger partial charge in [0.1, 0.15) is 11.6 Å². The van der Waals surface area contributed by atoms with Crippen molar-refractivity contribution in [3.8, 4) is 0 Å². The maximum absolute atomic E-state index is 13.4. The second-order valence-corrected chi connectivity index (χ2v) is 6.11. The predicted octanol–water partition coefficient (Wildman–Crippen LogP) is 3.24. The molecule has 3 rings (SSSR count). The lowest BCUT2D eigenvalue weighted by Crippen LogP contribution is -2.02. The Morgan fingerprint density at radius 1 is 1.50 bits per heavy atom. The summed E-state index contributed by atoms with van der Waals surface area (Å²) < 4.78 is 19.0. The number of thiazole rings is 1. The van der Waals surface area contributed by atoms with Crippen molar-refractivity contribution < 1.29 is 9.13 Å². The van der Waals surface area contributed by atoms with Gasteiger partial charge in [-0.25, -0.2) is 9.37 Å². The summed E-state index contributed by atoms with van der Waals surface area (Å²) in [4.78, 5) is 4.04. The first-order chi connectivity index (χ1) is 10.7. The maximum atomic E-state index is 13.4. The molecule has 7 heteroatoms. The lowest BCUT2D eigenvalue weighted by molar-refractivity contribution is 0.111. The highest BCUT2D eigenvalue weighted by Crippen LogP contribution is 2.29. The molecule has 2 aromatic rings. The van der Waals surface area contributed by atoms with Crippen LogP contribution in [0.4, 0.5) is 15.3 Å². The highest BCUT2D eigenvalue weighted by Gasteiger charge is 2.21. The standard InChI is InChI=1S/C15H17FN4OS/c16-13-4-3-11(6-18-20-15-19-14(17)9-22-15)12(5-13)8-21-7-10-1-2-10/h3-6,9-10H,1-2,7-8,17H2,(H,19,20). The van der Waals surface area contributed by atoms with E-state index in [4.69, 9.17) is 10.5 Å². The van der Waals surface area contributed by atoms with Gasteiger partial charge in [-0.15, -0.1) is 11.3 Å². The number of nitrogen functional groups attached to an aromatic ring is 1. The molecule has 0 amide bonds. The van der Waals surface area contributed by atoms with E-state index in [1.807, 2.05) is 0 Å². The van der Waals surface area contributed by atoms with Crippen molar-refractivity contribution >= 4 is 28.5 Å². The Labute approximate surface area is 132 Å². The molecular formula is C15H17FN4OS. The predicted molar refractivity (Wildman–Crippen MR) is 86.5 cm³/mol. The number of benzene rings is 1. The topological polar surface area (TPSA) is 72.5 Å². The van der Waals surface area contributed by atoms with Crippen LogP contribution in [0.1, 0.15) is 24.0 Å². The molecule has 0 saturated heterocycles. The van der Waals surface area contributed by atoms with Crippen molar-refractivity contribution in [2.45, 2.75) is 19.4 Å². The quantitative estimate of drug-likeness (QED) is 0.607. The molecule has 3 N–H and O–H groups in total. The molecule has 1 aliphatic rings. The monoisotopic (exact) mass is 320 g/mol. The molecule has 0 radical (unpaired) electrons. The number of halogens is 1. The van der Waals surface area contributed by atoms with Gasteiger partial charge in [0.2, 0.25) is 5.13 Å². The SMILES string of the molecule is Nc1csc(NN=Cc2ccc(F)cc2COCC2CC2)n1. The summed E-state index contributed by atoms with van der Waals surface area (Å²) in [5, 5.41) is 6.45. The molecular weight excluding hydrogens is 303 g/mol. The van der Waals surface area contributed by atoms with E-state index in [9.17, 15) is 4.39 Å². The van der Waals surface area contributed by atoms with E-state index >= 15 is 0 Å². The Morgan fingerprint density at radius 2 is 2.36 bits per heavy atom. The Hall–Kier alpha value is -1.99. The summed E-state index contributed by atoms with van der Waals surface area (Å²) in [5.41, 5.74) is 9.93. The molecule has 1 aliphatic carbocycles. The van der Waals surface area contributed by atoms with Crippen LogP contribution >= 0.6 is 11.3 Å². The average molecular weight is 320 g/mol. The van der Waals surface area contributed by atoms with Crippen LogP contribution in [-0.4, -0.2) is 17.8 Å². The van der Waals surface area contributed by atoms with Gasteiger partial charge in [-0.05, 0) is 36.5 Å². The van der Waals surface area contributed by atoms with Crippen LogP contribution in [-0.2, 0) is 11.3 Å². The van der Waals surface area contributed by atoms with Crippen LogP contribution in [0.25, 0.3) is 0 Å². The van der Waals surface area contributed by atoms with Crippen LogP contribution in [0.2, 0.25) is 0 Å². The Morgan fingerprint density at radius 3 is 3.09 bits per heavy atom. The normalized spacial score (nSPS) is 14.6. The smallest absolute Gasteiger partial charge is 0.205 e. The van der Waals surface area contributed by atoms with Crippen molar-refractivity contribution in [1.29, 1.82) is 0 Å². The Bertz CT molecular complexity index is 669. The van der Waals surface area contributed by atoms with E-state index < -0.39 is 0 Å². The van der Waals surface area contributed by atoms with E-state index in [0.29, 0.717) is 23.5 Å². The van der Waals surface area contributed by atoms with E-state index in [1.165, 1.54) is 36.3 Å². The zero-order valence-corrected chi connectivity index (χ0v) is 12.8. The summed E-state index contributed by atoms with van der Waals surface area (Å²) in [6.07, 6.45) is 4.10. The van der Waals surface area contributed by atoms with E-state index in [0.717, 1.165) is 17.7 Å². The highest BCUT2D eigenvalue weighted by atomic mass is 32.1. The fourth-order valence-corrected chi connectivity index (χ4v) is 2.49. The molecule has 5 nitrogen and oxygen atoms in total. The molecule has 0 atom stereocenters. The van der Waals surface area contributed by atoms with Gasteiger partial charge in [0, 0.05) is 17.6 Å². The zero-order chi connectivity index (χ0) is 15.4. The number of hydrazone groups is 1. The third kappa shape index (κ3) is 4.25. The van der Waals surface area contributed by atoms with Crippen molar-refractivity contribution in [1.82, 2.24) is 4.98 Å². The number of hydrogen-bond donors (Lipinski definition) is 2. The maximum Gasteiger partial charge on any atom is 0.205 e. The Kier molecular flexibility index (Phi) is 4.65. The molecule has 116 valence electrons. The fraction of sp³-hybridized carbons (Fsp3) is 0.333. The lowest BCUT2D eigenvalue weighted by atomic mass is 10.1. The van der Waals surface area contributed by atoms with E-state index in [1.54, 1.807) is 17.7 Å². The molecule has 0 unspecified atom stereocenters. The number of aromatic nitrogens is 1. The second kappa shape index (κ2) is 6.85. The number of nitrogens with two attached hydrogens (primary N) is 1. The molecule has 1 fully saturated rings. The van der Waals surface area contributed by atoms with E-state index in [-0.39, 0.29) is 5.82 Å². The number of ether oxygens (including phenoxy) is 1. The van der Waals surface area contributed by atoms with Gasteiger partial charge in [-0.3, -0.25) is 5.43 Å². The van der Waals surface area contributed by atoms with Crippen LogP contribution in [0, 0.1) is 11.7 Å². The van der Waals surface area contributed by atoms with Crippen LogP contribution in [0.3, 0.4) is 0 Å². The molecule has 0 bridgehead atoms. The molecule has 1 saturated carbocycles. The van der Waals surface area contributed by atoms with Gasteiger partial charge < -0.3 is 10.5 Å². The summed E-state index contributed by atoms with van der Waals surface area (Å²) in [6, 6.07) is 4.58. The van der Waals surface area contributed by atoms with Crippen LogP contribution < -0.4 is 11.2 Å². The number of hydrogen-bond acceptors (Lipinski definition) is 6. The van der Waals surface area contributed by atoms with Crippen molar-refractivity contribution in [3.05, 3.63) is 40.5 Å². The summed E-state index contributed by atoms with van der Waals surface area (Å²) in [7, 11) is 0. The van der Waals surface area contributed by atoms with Gasteiger partial charge in [0.25, 0.3) is 0 Å². The number of nitrogens with zero attached hydrogens (tertiary/aromatic N) is 2. The summed E-state index contributed by atoms with van der Waals surface area (Å²) >= 11 is 1.37. The molecule has 1 aromatic carbocycles. The average Bonchev–Trinajstić information content (AvgIpc) is 3.22. The summed E-state index contributed by atoms with van der Waals surface area (Å²) in [5.74, 6) is 0.865. The van der Waals surface area contributed by atoms with Gasteiger partial charge in [0.15, 0.2) is 0 Å². The largest absolute Gasteiger partial charge is 0.383 e. The first-order valence-electron chi connectivity index (χ1n) is 7.07. The molecule has 0 spiro atoms. The Balaban J connectivity index is 1.62. The first kappa shape index (κ1) is 14.9. The van der Waals surface area contributed by atoms with Gasteiger partial charge >= 0.3 is 0 Å². The van der Waals surface area contributed by atoms with Gasteiger partial charge in [0.05, 0.1) is 12.8 Å². The van der Waals surface area contributed by atoms with Crippen molar-refractivity contribution in [2.75, 3.05) is 17.8 Å². The van der Waals surface area contributed by atoms with Crippen LogP contribution in [0.15, 0.2) is 28.7 Å². The molecule has 1 aromatic heterocycles. The van der Waals surface area contributed by atoms with Crippen LogP contribution in [0.5, 0.6) is 0 Å². The zero-order valence-electron chi connectivity index (χ0n) is 12.0. The number of anilines is 2. The van der Waals surface area contributed by atoms with E-state index in [2.05, 4.69) is 15.5 Å². The van der Waals surface area contributed by atoms with Crippen molar-refractivity contribution in [2.24, 2.45) is 11.0 Å². The molecule has 0 aliphatic heterocycles. The van der Waals surface area contributed by atoms with Gasteiger partial charge in [-0.2, -0.15) is 5.10 Å².